The zero-order valence-electron chi connectivity index (χ0n) is 13.3. The molecule has 0 amide bonds. The summed E-state index contributed by atoms with van der Waals surface area (Å²) in [6.45, 7) is 2.64. The second kappa shape index (κ2) is 8.58. The maximum absolute atomic E-state index is 12.5. The van der Waals surface area contributed by atoms with Gasteiger partial charge in [0, 0.05) is 0 Å². The zero-order valence-corrected chi connectivity index (χ0v) is 14.1. The highest BCUT2D eigenvalue weighted by atomic mass is 32.2. The van der Waals surface area contributed by atoms with E-state index in [1.165, 1.54) is 6.07 Å². The van der Waals surface area contributed by atoms with Crippen molar-refractivity contribution in [2.75, 3.05) is 6.61 Å². The number of rotatable bonds is 9. The molecule has 2 aromatic carbocycles. The van der Waals surface area contributed by atoms with E-state index in [2.05, 4.69) is 6.92 Å². The molecule has 0 bridgehead atoms. The van der Waals surface area contributed by atoms with Crippen LogP contribution in [0, 0.1) is 0 Å². The van der Waals surface area contributed by atoms with Crippen molar-refractivity contribution < 1.29 is 17.3 Å². The van der Waals surface area contributed by atoms with Gasteiger partial charge in [0.05, 0.1) is 6.61 Å². The number of unbranched alkanes of at least 4 members (excludes halogenated alkanes) is 3. The van der Waals surface area contributed by atoms with Gasteiger partial charge in [0.2, 0.25) is 0 Å². The number of hydrogen-bond acceptors (Lipinski definition) is 4. The van der Waals surface area contributed by atoms with Crippen LogP contribution in [0.5, 0.6) is 11.5 Å². The van der Waals surface area contributed by atoms with Gasteiger partial charge in [-0.15, -0.1) is 0 Å². The Morgan fingerprint density at radius 3 is 2.30 bits per heavy atom. The number of ether oxygens (including phenoxy) is 1. The molecule has 0 aliphatic rings. The summed E-state index contributed by atoms with van der Waals surface area (Å²) < 4.78 is 35.7. The van der Waals surface area contributed by atoms with Crippen LogP contribution in [0.15, 0.2) is 59.5 Å². The lowest BCUT2D eigenvalue weighted by Crippen LogP contribution is -2.12. The van der Waals surface area contributed by atoms with E-state index >= 15 is 0 Å². The Kier molecular flexibility index (Phi) is 6.47. The van der Waals surface area contributed by atoms with E-state index in [4.69, 9.17) is 8.92 Å². The summed E-state index contributed by atoms with van der Waals surface area (Å²) in [4.78, 5) is 0.0549. The molecule has 0 saturated carbocycles. The first kappa shape index (κ1) is 17.3. The highest BCUT2D eigenvalue weighted by Crippen LogP contribution is 2.26. The van der Waals surface area contributed by atoms with E-state index < -0.39 is 10.1 Å². The molecule has 0 aliphatic carbocycles. The quantitative estimate of drug-likeness (QED) is 0.503. The van der Waals surface area contributed by atoms with Gasteiger partial charge < -0.3 is 8.92 Å². The summed E-state index contributed by atoms with van der Waals surface area (Å²) in [6, 6.07) is 15.0. The molecule has 0 radical (unpaired) electrons. The van der Waals surface area contributed by atoms with Gasteiger partial charge in [-0.1, -0.05) is 56.5 Å². The minimum atomic E-state index is -3.92. The molecule has 4 nitrogen and oxygen atoms in total. The molecule has 0 heterocycles. The van der Waals surface area contributed by atoms with Gasteiger partial charge in [0.25, 0.3) is 0 Å². The summed E-state index contributed by atoms with van der Waals surface area (Å²) >= 11 is 0. The lowest BCUT2D eigenvalue weighted by Gasteiger charge is -2.12. The van der Waals surface area contributed by atoms with Crippen LogP contribution in [-0.2, 0) is 10.1 Å². The summed E-state index contributed by atoms with van der Waals surface area (Å²) in [6.07, 6.45) is 4.28. The zero-order chi connectivity index (χ0) is 16.5. The maximum Gasteiger partial charge on any atom is 0.342 e. The monoisotopic (exact) mass is 334 g/mol. The molecule has 0 unspecified atom stereocenters. The molecular weight excluding hydrogens is 312 g/mol. The van der Waals surface area contributed by atoms with Crippen molar-refractivity contribution >= 4 is 10.1 Å². The van der Waals surface area contributed by atoms with Crippen LogP contribution in [0.2, 0.25) is 0 Å². The molecule has 5 heteroatoms. The Bertz CT molecular complexity index is 696. The molecule has 0 saturated heterocycles. The van der Waals surface area contributed by atoms with Crippen molar-refractivity contribution in [1.29, 1.82) is 0 Å². The molecule has 0 aliphatic heterocycles. The smallest absolute Gasteiger partial charge is 0.342 e. The predicted molar refractivity (Wildman–Crippen MR) is 90.3 cm³/mol. The van der Waals surface area contributed by atoms with Gasteiger partial charge >= 0.3 is 10.1 Å². The van der Waals surface area contributed by atoms with Crippen LogP contribution >= 0.6 is 0 Å². The van der Waals surface area contributed by atoms with Crippen LogP contribution in [-0.4, -0.2) is 15.0 Å². The predicted octanol–water partition coefficient (Wildman–Crippen LogP) is 4.41. The third kappa shape index (κ3) is 5.28. The van der Waals surface area contributed by atoms with Crippen LogP contribution in [0.3, 0.4) is 0 Å². The second-order valence-corrected chi connectivity index (χ2v) is 6.72. The molecular formula is C18H22O4S. The number of para-hydroxylation sites is 2. The van der Waals surface area contributed by atoms with Crippen molar-refractivity contribution in [3.8, 4) is 11.5 Å². The van der Waals surface area contributed by atoms with E-state index in [0.29, 0.717) is 12.4 Å². The van der Waals surface area contributed by atoms with Gasteiger partial charge in [-0.2, -0.15) is 8.42 Å². The maximum atomic E-state index is 12.5. The van der Waals surface area contributed by atoms with Gasteiger partial charge in [0.1, 0.15) is 16.4 Å². The standard InChI is InChI=1S/C18H22O4S/c1-2-3-4-10-15-21-17-13-8-9-14-18(17)23(19,20)22-16-11-6-5-7-12-16/h5-9,11-14H,2-4,10,15H2,1H3. The molecule has 2 rings (SSSR count). The molecule has 0 aromatic heterocycles. The third-order valence-electron chi connectivity index (χ3n) is 3.32. The highest BCUT2D eigenvalue weighted by molar-refractivity contribution is 7.87. The SMILES string of the molecule is CCCCCCOc1ccccc1S(=O)(=O)Oc1ccccc1. The van der Waals surface area contributed by atoms with Crippen LogP contribution < -0.4 is 8.92 Å². The summed E-state index contributed by atoms with van der Waals surface area (Å²) in [7, 11) is -3.92. The fourth-order valence-electron chi connectivity index (χ4n) is 2.13. The van der Waals surface area contributed by atoms with Gasteiger partial charge in [-0.05, 0) is 30.7 Å². The Morgan fingerprint density at radius 2 is 1.57 bits per heavy atom. The van der Waals surface area contributed by atoms with E-state index in [9.17, 15) is 8.42 Å². The molecule has 2 aromatic rings. The van der Waals surface area contributed by atoms with Crippen molar-refractivity contribution in [3.63, 3.8) is 0 Å². The Labute approximate surface area is 138 Å². The van der Waals surface area contributed by atoms with Gasteiger partial charge in [-0.3, -0.25) is 0 Å². The topological polar surface area (TPSA) is 52.6 Å². The average Bonchev–Trinajstić information content (AvgIpc) is 2.55. The summed E-state index contributed by atoms with van der Waals surface area (Å²) in [5.74, 6) is 0.616. The molecule has 0 N–H and O–H groups in total. The first-order valence-corrected chi connectivity index (χ1v) is 9.25. The van der Waals surface area contributed by atoms with Crippen molar-refractivity contribution in [1.82, 2.24) is 0 Å². The number of hydrogen-bond donors (Lipinski definition) is 0. The van der Waals surface area contributed by atoms with E-state index in [1.54, 1.807) is 48.5 Å². The third-order valence-corrected chi connectivity index (χ3v) is 4.61. The van der Waals surface area contributed by atoms with Crippen LogP contribution in [0.25, 0.3) is 0 Å². The average molecular weight is 334 g/mol. The van der Waals surface area contributed by atoms with E-state index in [1.807, 2.05) is 0 Å². The van der Waals surface area contributed by atoms with Crippen LogP contribution in [0.1, 0.15) is 32.6 Å². The fraction of sp³-hybridized carbons (Fsp3) is 0.333. The lowest BCUT2D eigenvalue weighted by atomic mass is 10.2. The molecule has 124 valence electrons. The highest BCUT2D eigenvalue weighted by Gasteiger charge is 2.21. The largest absolute Gasteiger partial charge is 0.492 e. The normalized spacial score (nSPS) is 11.2. The Hall–Kier alpha value is -2.01. The van der Waals surface area contributed by atoms with Gasteiger partial charge in [0.15, 0.2) is 0 Å². The second-order valence-electron chi connectivity index (χ2n) is 5.21. The van der Waals surface area contributed by atoms with Crippen molar-refractivity contribution in [2.24, 2.45) is 0 Å². The van der Waals surface area contributed by atoms with Crippen LogP contribution in [0.4, 0.5) is 0 Å². The summed E-state index contributed by atoms with van der Waals surface area (Å²) in [5.41, 5.74) is 0. The Morgan fingerprint density at radius 1 is 0.870 bits per heavy atom. The van der Waals surface area contributed by atoms with Crippen molar-refractivity contribution in [3.05, 3.63) is 54.6 Å². The molecule has 23 heavy (non-hydrogen) atoms. The molecule has 0 fully saturated rings. The minimum absolute atomic E-state index is 0.0549. The first-order valence-electron chi connectivity index (χ1n) is 7.85. The Balaban J connectivity index is 2.09. The molecule has 0 spiro atoms. The fourth-order valence-corrected chi connectivity index (χ4v) is 3.21. The minimum Gasteiger partial charge on any atom is -0.492 e. The number of benzene rings is 2. The van der Waals surface area contributed by atoms with E-state index in [0.717, 1.165) is 25.7 Å². The van der Waals surface area contributed by atoms with E-state index in [-0.39, 0.29) is 10.6 Å². The summed E-state index contributed by atoms with van der Waals surface area (Å²) in [5, 5.41) is 0. The first-order chi connectivity index (χ1) is 11.1. The molecule has 0 atom stereocenters. The van der Waals surface area contributed by atoms with Crippen molar-refractivity contribution in [2.45, 2.75) is 37.5 Å². The van der Waals surface area contributed by atoms with Gasteiger partial charge in [-0.25, -0.2) is 0 Å². The lowest BCUT2D eigenvalue weighted by molar-refractivity contribution is 0.296.